The van der Waals surface area contributed by atoms with Crippen LogP contribution in [0.1, 0.15) is 29.9 Å². The number of aromatic nitrogens is 1. The SMILES string of the molecule is Cc1nsc(N)c1C(=O)OCC(=O)N(c1ccccc1)C(C)C. The summed E-state index contributed by atoms with van der Waals surface area (Å²) in [7, 11) is 0. The van der Waals surface area contributed by atoms with Gasteiger partial charge in [-0.2, -0.15) is 4.37 Å². The Kier molecular flexibility index (Phi) is 5.33. The van der Waals surface area contributed by atoms with Crippen molar-refractivity contribution in [3.05, 3.63) is 41.6 Å². The number of benzene rings is 1. The zero-order chi connectivity index (χ0) is 17.0. The van der Waals surface area contributed by atoms with E-state index >= 15 is 0 Å². The monoisotopic (exact) mass is 333 g/mol. The Hall–Kier alpha value is -2.41. The van der Waals surface area contributed by atoms with E-state index in [-0.39, 0.29) is 24.1 Å². The van der Waals surface area contributed by atoms with Crippen LogP contribution in [0.3, 0.4) is 0 Å². The van der Waals surface area contributed by atoms with E-state index in [4.69, 9.17) is 10.5 Å². The van der Waals surface area contributed by atoms with Gasteiger partial charge in [-0.25, -0.2) is 4.79 Å². The number of aryl methyl sites for hydroxylation is 1. The summed E-state index contributed by atoms with van der Waals surface area (Å²) in [4.78, 5) is 26.1. The van der Waals surface area contributed by atoms with Crippen LogP contribution in [-0.4, -0.2) is 28.9 Å². The van der Waals surface area contributed by atoms with Gasteiger partial charge in [0.05, 0.1) is 5.69 Å². The number of nitrogens with two attached hydrogens (primary N) is 1. The Balaban J connectivity index is 2.07. The van der Waals surface area contributed by atoms with E-state index in [1.54, 1.807) is 11.8 Å². The highest BCUT2D eigenvalue weighted by atomic mass is 32.1. The van der Waals surface area contributed by atoms with E-state index in [2.05, 4.69) is 4.37 Å². The molecule has 0 fully saturated rings. The van der Waals surface area contributed by atoms with Gasteiger partial charge in [0.1, 0.15) is 10.6 Å². The highest BCUT2D eigenvalue weighted by Crippen LogP contribution is 2.22. The van der Waals surface area contributed by atoms with Gasteiger partial charge in [0.25, 0.3) is 5.91 Å². The van der Waals surface area contributed by atoms with Crippen LogP contribution in [0.2, 0.25) is 0 Å². The second-order valence-corrected chi connectivity index (χ2v) is 6.08. The molecule has 0 aliphatic heterocycles. The van der Waals surface area contributed by atoms with Crippen LogP contribution in [-0.2, 0) is 9.53 Å². The molecule has 2 aromatic rings. The molecule has 6 nitrogen and oxygen atoms in total. The van der Waals surface area contributed by atoms with Gasteiger partial charge in [0, 0.05) is 11.7 Å². The first-order chi connectivity index (χ1) is 10.9. The van der Waals surface area contributed by atoms with Gasteiger partial charge in [0.15, 0.2) is 6.61 Å². The number of hydrogen-bond donors (Lipinski definition) is 1. The molecule has 0 bridgehead atoms. The maximum atomic E-state index is 12.4. The molecule has 7 heteroatoms. The number of nitrogen functional groups attached to an aromatic ring is 1. The number of amides is 1. The standard InChI is InChI=1S/C16H19N3O3S/c1-10(2)19(12-7-5-4-6-8-12)13(20)9-22-16(21)14-11(3)18-23-15(14)17/h4-8,10H,9,17H2,1-3H3. The average molecular weight is 333 g/mol. The predicted octanol–water partition coefficient (Wildman–Crippen LogP) is 2.63. The van der Waals surface area contributed by atoms with Crippen molar-refractivity contribution in [2.75, 3.05) is 17.2 Å². The maximum Gasteiger partial charge on any atom is 0.343 e. The lowest BCUT2D eigenvalue weighted by molar-refractivity contribution is -0.122. The topological polar surface area (TPSA) is 85.5 Å². The van der Waals surface area contributed by atoms with E-state index < -0.39 is 5.97 Å². The second-order valence-electron chi connectivity index (χ2n) is 5.28. The third-order valence-corrected chi connectivity index (χ3v) is 4.01. The first kappa shape index (κ1) is 17.0. The van der Waals surface area contributed by atoms with Gasteiger partial charge in [-0.3, -0.25) is 4.79 Å². The summed E-state index contributed by atoms with van der Waals surface area (Å²) in [6.45, 7) is 5.13. The maximum absolute atomic E-state index is 12.4. The molecule has 0 unspecified atom stereocenters. The van der Waals surface area contributed by atoms with Gasteiger partial charge in [-0.15, -0.1) is 0 Å². The highest BCUT2D eigenvalue weighted by molar-refractivity contribution is 7.10. The lowest BCUT2D eigenvalue weighted by Gasteiger charge is -2.26. The minimum atomic E-state index is -0.626. The summed E-state index contributed by atoms with van der Waals surface area (Å²) >= 11 is 1.03. The molecule has 1 amide bonds. The zero-order valence-corrected chi connectivity index (χ0v) is 14.1. The molecule has 0 aliphatic rings. The Bertz CT molecular complexity index is 678. The van der Waals surface area contributed by atoms with Crippen LogP contribution in [0, 0.1) is 6.92 Å². The summed E-state index contributed by atoms with van der Waals surface area (Å²) in [5.74, 6) is -0.919. The molecule has 2 N–H and O–H groups in total. The van der Waals surface area contributed by atoms with Crippen molar-refractivity contribution in [2.45, 2.75) is 26.8 Å². The van der Waals surface area contributed by atoms with E-state index in [1.165, 1.54) is 0 Å². The van der Waals surface area contributed by atoms with Crippen molar-refractivity contribution in [1.29, 1.82) is 0 Å². The molecule has 0 radical (unpaired) electrons. The quantitative estimate of drug-likeness (QED) is 0.850. The van der Waals surface area contributed by atoms with Crippen LogP contribution < -0.4 is 10.6 Å². The Morgan fingerprint density at radius 2 is 1.96 bits per heavy atom. The van der Waals surface area contributed by atoms with Gasteiger partial charge >= 0.3 is 5.97 Å². The van der Waals surface area contributed by atoms with Gasteiger partial charge in [0.2, 0.25) is 0 Å². The van der Waals surface area contributed by atoms with Crippen LogP contribution in [0.5, 0.6) is 0 Å². The zero-order valence-electron chi connectivity index (χ0n) is 13.3. The third-order valence-electron chi connectivity index (χ3n) is 3.24. The number of rotatable bonds is 5. The fourth-order valence-corrected chi connectivity index (χ4v) is 2.87. The number of nitrogens with zero attached hydrogens (tertiary/aromatic N) is 2. The number of para-hydroxylation sites is 1. The molecule has 1 aromatic carbocycles. The molecule has 1 heterocycles. The lowest BCUT2D eigenvalue weighted by Crippen LogP contribution is -2.39. The molecule has 23 heavy (non-hydrogen) atoms. The first-order valence-corrected chi connectivity index (χ1v) is 7.95. The predicted molar refractivity (Wildman–Crippen MR) is 90.6 cm³/mol. The van der Waals surface area contributed by atoms with Crippen LogP contribution in [0.25, 0.3) is 0 Å². The molecule has 1 aromatic heterocycles. The number of hydrogen-bond acceptors (Lipinski definition) is 6. The number of carbonyl (C=O) groups is 2. The number of anilines is 2. The minimum Gasteiger partial charge on any atom is -0.452 e. The normalized spacial score (nSPS) is 10.6. The molecule has 122 valence electrons. The van der Waals surface area contributed by atoms with E-state index in [0.717, 1.165) is 17.2 Å². The summed E-state index contributed by atoms with van der Waals surface area (Å²) in [5, 5.41) is 0.295. The van der Waals surface area contributed by atoms with Crippen molar-refractivity contribution in [1.82, 2.24) is 4.37 Å². The molecule has 2 rings (SSSR count). The van der Waals surface area contributed by atoms with E-state index in [0.29, 0.717) is 10.7 Å². The lowest BCUT2D eigenvalue weighted by atomic mass is 10.2. The van der Waals surface area contributed by atoms with Gasteiger partial charge < -0.3 is 15.4 Å². The van der Waals surface area contributed by atoms with Crippen LogP contribution in [0.15, 0.2) is 30.3 Å². The van der Waals surface area contributed by atoms with Gasteiger partial charge in [-0.05, 0) is 44.4 Å². The smallest absolute Gasteiger partial charge is 0.343 e. The van der Waals surface area contributed by atoms with Gasteiger partial charge in [-0.1, -0.05) is 18.2 Å². The minimum absolute atomic E-state index is 0.0572. The molecule has 0 saturated heterocycles. The van der Waals surface area contributed by atoms with Crippen molar-refractivity contribution in [3.8, 4) is 0 Å². The van der Waals surface area contributed by atoms with E-state index in [1.807, 2.05) is 44.2 Å². The summed E-state index contributed by atoms with van der Waals surface area (Å²) in [5.41, 5.74) is 7.21. The molecular formula is C16H19N3O3S. The molecule has 0 saturated carbocycles. The Morgan fingerprint density at radius 1 is 1.30 bits per heavy atom. The number of ether oxygens (including phenoxy) is 1. The fourth-order valence-electron chi connectivity index (χ4n) is 2.22. The van der Waals surface area contributed by atoms with E-state index in [9.17, 15) is 9.59 Å². The highest BCUT2D eigenvalue weighted by Gasteiger charge is 2.23. The second kappa shape index (κ2) is 7.23. The summed E-state index contributed by atoms with van der Waals surface area (Å²) < 4.78 is 9.11. The molecule has 0 atom stereocenters. The Labute approximate surface area is 139 Å². The number of carbonyl (C=O) groups excluding carboxylic acids is 2. The fraction of sp³-hybridized carbons (Fsp3) is 0.312. The third kappa shape index (κ3) is 3.87. The summed E-state index contributed by atoms with van der Waals surface area (Å²) in [6.07, 6.45) is 0. The Morgan fingerprint density at radius 3 is 2.48 bits per heavy atom. The number of esters is 1. The summed E-state index contributed by atoms with van der Waals surface area (Å²) in [6, 6.07) is 9.20. The van der Waals surface area contributed by atoms with Crippen molar-refractivity contribution in [2.24, 2.45) is 0 Å². The van der Waals surface area contributed by atoms with Crippen molar-refractivity contribution < 1.29 is 14.3 Å². The molecule has 0 spiro atoms. The molecular weight excluding hydrogens is 314 g/mol. The van der Waals surface area contributed by atoms with Crippen molar-refractivity contribution >= 4 is 34.1 Å². The van der Waals surface area contributed by atoms with Crippen molar-refractivity contribution in [3.63, 3.8) is 0 Å². The first-order valence-electron chi connectivity index (χ1n) is 7.17. The average Bonchev–Trinajstić information content (AvgIpc) is 2.85. The largest absolute Gasteiger partial charge is 0.452 e. The van der Waals surface area contributed by atoms with Crippen LogP contribution in [0.4, 0.5) is 10.7 Å². The molecule has 0 aliphatic carbocycles. The van der Waals surface area contributed by atoms with Crippen LogP contribution >= 0.6 is 11.5 Å².